The van der Waals surface area contributed by atoms with E-state index in [-0.39, 0.29) is 22.6 Å². The summed E-state index contributed by atoms with van der Waals surface area (Å²) in [5, 5.41) is 23.8. The van der Waals surface area contributed by atoms with E-state index in [9.17, 15) is 19.8 Å². The zero-order chi connectivity index (χ0) is 25.8. The van der Waals surface area contributed by atoms with E-state index < -0.39 is 23.5 Å². The van der Waals surface area contributed by atoms with Crippen LogP contribution in [0.15, 0.2) is 42.0 Å². The van der Waals surface area contributed by atoms with Gasteiger partial charge in [0.15, 0.2) is 23.0 Å². The van der Waals surface area contributed by atoms with Gasteiger partial charge in [0.05, 0.1) is 32.8 Å². The van der Waals surface area contributed by atoms with Gasteiger partial charge < -0.3 is 34.2 Å². The minimum absolute atomic E-state index is 0.0757. The number of Topliss-reactive ketones (excluding diaryl/α,β-unsaturated/α-hetero) is 1. The predicted molar refractivity (Wildman–Crippen MR) is 130 cm³/mol. The average Bonchev–Trinajstić information content (AvgIpc) is 3.15. The van der Waals surface area contributed by atoms with Crippen molar-refractivity contribution < 1.29 is 38.9 Å². The number of quaternary nitrogens is 1. The number of nitrogens with one attached hydrogen (secondary N) is 1. The molecule has 1 saturated heterocycles. The first kappa shape index (κ1) is 25.4. The largest absolute Gasteiger partial charge is 0.872 e. The first-order valence-electron chi connectivity index (χ1n) is 12.3. The number of phenolic OH excluding ortho intramolecular Hbond substituents is 1. The molecule has 0 aliphatic carbocycles. The highest BCUT2D eigenvalue weighted by Gasteiger charge is 2.44. The number of hydrogen-bond acceptors (Lipinski definition) is 7. The summed E-state index contributed by atoms with van der Waals surface area (Å²) in [6, 6.07) is 8.45. The number of benzene rings is 2. The molecule has 1 unspecified atom stereocenters. The fraction of sp³-hybridized carbons (Fsp3) is 0.407. The molecule has 0 radical (unpaired) electrons. The van der Waals surface area contributed by atoms with Gasteiger partial charge in [-0.15, -0.1) is 0 Å². The lowest BCUT2D eigenvalue weighted by molar-refractivity contribution is -0.896. The van der Waals surface area contributed by atoms with Crippen molar-refractivity contribution in [3.8, 4) is 23.0 Å². The van der Waals surface area contributed by atoms with Crippen molar-refractivity contribution in [2.75, 3.05) is 46.5 Å². The van der Waals surface area contributed by atoms with Crippen molar-refractivity contribution in [3.05, 3.63) is 53.1 Å². The van der Waals surface area contributed by atoms with Gasteiger partial charge in [-0.2, -0.15) is 0 Å². The van der Waals surface area contributed by atoms with Crippen molar-refractivity contribution in [1.29, 1.82) is 0 Å². The molecule has 1 amide bonds. The lowest BCUT2D eigenvalue weighted by Crippen LogP contribution is -3.11. The molecular weight excluding hydrogens is 464 g/mol. The van der Waals surface area contributed by atoms with Gasteiger partial charge in [0.2, 0.25) is 5.78 Å². The quantitative estimate of drug-likeness (QED) is 0.299. The van der Waals surface area contributed by atoms with Crippen LogP contribution in [0.4, 0.5) is 0 Å². The van der Waals surface area contributed by atoms with Crippen LogP contribution >= 0.6 is 0 Å². The van der Waals surface area contributed by atoms with E-state index in [1.54, 1.807) is 30.3 Å². The Morgan fingerprint density at radius 1 is 1.11 bits per heavy atom. The van der Waals surface area contributed by atoms with Crippen molar-refractivity contribution in [1.82, 2.24) is 4.90 Å². The number of hydrogen-bond donors (Lipinski definition) is 2. The maximum Gasteiger partial charge on any atom is 0.295 e. The van der Waals surface area contributed by atoms with Crippen LogP contribution in [0.25, 0.3) is 5.76 Å². The normalized spacial score (nSPS) is 18.7. The van der Waals surface area contributed by atoms with E-state index >= 15 is 0 Å². The lowest BCUT2D eigenvalue weighted by atomic mass is 9.94. The second-order valence-electron chi connectivity index (χ2n) is 8.82. The number of carbonyl (C=O) groups excluding carboxylic acids is 2. The van der Waals surface area contributed by atoms with Crippen molar-refractivity contribution in [2.45, 2.75) is 26.3 Å². The predicted octanol–water partition coefficient (Wildman–Crippen LogP) is 0.711. The maximum absolute atomic E-state index is 13.7. The molecule has 9 heteroatoms. The summed E-state index contributed by atoms with van der Waals surface area (Å²) in [6.45, 7) is 8.06. The number of ketones is 1. The van der Waals surface area contributed by atoms with E-state index in [1.807, 2.05) is 0 Å². The number of carbonyl (C=O) groups is 2. The zero-order valence-electron chi connectivity index (χ0n) is 20.8. The second-order valence-corrected chi connectivity index (χ2v) is 8.82. The highest BCUT2D eigenvalue weighted by atomic mass is 16.6. The Hall–Kier alpha value is -3.72. The summed E-state index contributed by atoms with van der Waals surface area (Å²) in [5.74, 6) is -1.00. The van der Waals surface area contributed by atoms with Crippen LogP contribution in [-0.4, -0.2) is 68.2 Å². The molecule has 0 bridgehead atoms. The number of rotatable bonds is 9. The van der Waals surface area contributed by atoms with Crippen LogP contribution < -0.4 is 24.2 Å². The van der Waals surface area contributed by atoms with Crippen LogP contribution in [-0.2, 0) is 9.59 Å². The molecule has 9 nitrogen and oxygen atoms in total. The van der Waals surface area contributed by atoms with E-state index in [1.165, 1.54) is 23.0 Å². The number of ether oxygens (including phenoxy) is 3. The summed E-state index contributed by atoms with van der Waals surface area (Å²) in [4.78, 5) is 29.3. The van der Waals surface area contributed by atoms with E-state index in [2.05, 4.69) is 13.8 Å². The molecule has 1 fully saturated rings. The molecule has 2 heterocycles. The van der Waals surface area contributed by atoms with Crippen LogP contribution in [0.5, 0.6) is 23.0 Å². The number of likely N-dealkylation sites (tertiary alicyclic amines) is 1. The SMILES string of the molecule is CC[NH+](CC)CCCN1C(=O)C(=O)C(=C([O-])c2ccc3c(c2)OCCO3)C1c1ccc(O)c(OC)c1. The third-order valence-electron chi connectivity index (χ3n) is 6.78. The molecule has 1 atom stereocenters. The van der Waals surface area contributed by atoms with E-state index in [0.29, 0.717) is 43.2 Å². The van der Waals surface area contributed by atoms with Crippen molar-refractivity contribution >= 4 is 17.4 Å². The Morgan fingerprint density at radius 3 is 2.53 bits per heavy atom. The van der Waals surface area contributed by atoms with Gasteiger partial charge in [-0.1, -0.05) is 17.9 Å². The van der Waals surface area contributed by atoms with Crippen LogP contribution in [0.3, 0.4) is 0 Å². The number of nitrogens with zero attached hydrogens (tertiary/aromatic N) is 1. The average molecular weight is 497 g/mol. The van der Waals surface area contributed by atoms with Crippen LogP contribution in [0, 0.1) is 0 Å². The van der Waals surface area contributed by atoms with Gasteiger partial charge in [-0.25, -0.2) is 0 Å². The third-order valence-corrected chi connectivity index (χ3v) is 6.78. The Kier molecular flexibility index (Phi) is 7.69. The van der Waals surface area contributed by atoms with Gasteiger partial charge in [-0.05, 0) is 49.2 Å². The Bertz CT molecular complexity index is 1170. The fourth-order valence-electron chi connectivity index (χ4n) is 4.75. The summed E-state index contributed by atoms with van der Waals surface area (Å²) in [7, 11) is 1.42. The maximum atomic E-state index is 13.7. The molecule has 0 aromatic heterocycles. The number of methoxy groups -OCH3 is 1. The second kappa shape index (κ2) is 10.9. The highest BCUT2D eigenvalue weighted by molar-refractivity contribution is 6.46. The molecule has 2 aliphatic rings. The zero-order valence-corrected chi connectivity index (χ0v) is 20.8. The Labute approximate surface area is 210 Å². The van der Waals surface area contributed by atoms with Crippen molar-refractivity contribution in [2.24, 2.45) is 0 Å². The van der Waals surface area contributed by atoms with Gasteiger partial charge in [-0.3, -0.25) is 9.59 Å². The molecule has 2 aliphatic heterocycles. The fourth-order valence-corrected chi connectivity index (χ4v) is 4.75. The summed E-state index contributed by atoms with van der Waals surface area (Å²) in [5.41, 5.74) is 0.625. The highest BCUT2D eigenvalue weighted by Crippen LogP contribution is 2.42. The standard InChI is InChI=1S/C27H32N2O7/c1-4-28(5-2)11-6-12-29-24(17-7-9-19(30)21(15-17)34-3)23(26(32)27(29)33)25(31)18-8-10-20-22(16-18)36-14-13-35-20/h7-10,15-16,24,30-31H,4-6,11-14H2,1-3H3. The number of phenols is 1. The molecule has 0 saturated carbocycles. The number of aromatic hydroxyl groups is 1. The number of amides is 1. The van der Waals surface area contributed by atoms with Gasteiger partial charge in [0.1, 0.15) is 13.2 Å². The van der Waals surface area contributed by atoms with Crippen LogP contribution in [0.2, 0.25) is 0 Å². The first-order chi connectivity index (χ1) is 17.4. The van der Waals surface area contributed by atoms with E-state index in [4.69, 9.17) is 14.2 Å². The first-order valence-corrected chi connectivity index (χ1v) is 12.3. The summed E-state index contributed by atoms with van der Waals surface area (Å²) in [6.07, 6.45) is 0.674. The molecule has 2 N–H and O–H groups in total. The smallest absolute Gasteiger partial charge is 0.295 e. The Balaban J connectivity index is 1.77. The van der Waals surface area contributed by atoms with Crippen molar-refractivity contribution in [3.63, 3.8) is 0 Å². The monoisotopic (exact) mass is 496 g/mol. The molecule has 2 aromatic rings. The number of fused-ring (bicyclic) bond motifs is 1. The summed E-state index contributed by atoms with van der Waals surface area (Å²) >= 11 is 0. The molecule has 2 aromatic carbocycles. The third kappa shape index (κ3) is 4.83. The van der Waals surface area contributed by atoms with Gasteiger partial charge >= 0.3 is 0 Å². The Morgan fingerprint density at radius 2 is 1.83 bits per heavy atom. The minimum Gasteiger partial charge on any atom is -0.872 e. The van der Waals surface area contributed by atoms with Crippen LogP contribution in [0.1, 0.15) is 37.4 Å². The lowest BCUT2D eigenvalue weighted by Gasteiger charge is -2.28. The molecule has 36 heavy (non-hydrogen) atoms. The molecule has 0 spiro atoms. The topological polar surface area (TPSA) is 113 Å². The minimum atomic E-state index is -0.896. The summed E-state index contributed by atoms with van der Waals surface area (Å²) < 4.78 is 16.4. The van der Waals surface area contributed by atoms with E-state index in [0.717, 1.165) is 19.6 Å². The molecular formula is C27H32N2O7. The molecule has 192 valence electrons. The van der Waals surface area contributed by atoms with Gasteiger partial charge in [0.25, 0.3) is 5.91 Å². The van der Waals surface area contributed by atoms with Gasteiger partial charge in [0, 0.05) is 18.5 Å². The molecule has 4 rings (SSSR count).